The minimum atomic E-state index is -0.788. The summed E-state index contributed by atoms with van der Waals surface area (Å²) in [7, 11) is 0. The Morgan fingerprint density at radius 2 is 1.56 bits per heavy atom. The molecule has 34 heavy (non-hydrogen) atoms. The first-order valence-electron chi connectivity index (χ1n) is 12.4. The van der Waals surface area contributed by atoms with E-state index in [-0.39, 0.29) is 22.7 Å². The highest BCUT2D eigenvalue weighted by Gasteiger charge is 2.43. The van der Waals surface area contributed by atoms with Gasteiger partial charge in [-0.15, -0.1) is 0 Å². The Kier molecular flexibility index (Phi) is 7.78. The molecule has 2 heterocycles. The van der Waals surface area contributed by atoms with Gasteiger partial charge in [-0.3, -0.25) is 9.59 Å². The van der Waals surface area contributed by atoms with Crippen molar-refractivity contribution in [1.29, 1.82) is 0 Å². The molecule has 1 amide bonds. The lowest BCUT2D eigenvalue weighted by Crippen LogP contribution is -2.34. The first-order valence-corrected chi connectivity index (χ1v) is 12.4. The third-order valence-electron chi connectivity index (χ3n) is 6.60. The minimum Gasteiger partial charge on any atom is -0.450 e. The summed E-state index contributed by atoms with van der Waals surface area (Å²) < 4.78 is 20.9. The fourth-order valence-electron chi connectivity index (χ4n) is 4.78. The van der Waals surface area contributed by atoms with E-state index >= 15 is 0 Å². The van der Waals surface area contributed by atoms with Crippen LogP contribution >= 0.6 is 0 Å². The first kappa shape index (κ1) is 24.1. The number of rotatable bonds is 11. The number of benzene rings is 2. The van der Waals surface area contributed by atoms with Gasteiger partial charge in [-0.05, 0) is 57.1 Å². The van der Waals surface area contributed by atoms with Crippen molar-refractivity contribution in [1.82, 2.24) is 9.80 Å². The summed E-state index contributed by atoms with van der Waals surface area (Å²) in [5.74, 6) is -0.747. The van der Waals surface area contributed by atoms with Crippen molar-refractivity contribution in [3.8, 4) is 0 Å². The maximum atomic E-state index is 14.9. The predicted octanol–water partition coefficient (Wildman–Crippen LogP) is 5.77. The van der Waals surface area contributed by atoms with E-state index in [1.54, 1.807) is 47.4 Å². The van der Waals surface area contributed by atoms with Crippen LogP contribution in [-0.4, -0.2) is 41.9 Å². The molecule has 0 spiro atoms. The Morgan fingerprint density at radius 3 is 2.26 bits per heavy atom. The van der Waals surface area contributed by atoms with Gasteiger partial charge in [0.25, 0.3) is 5.91 Å². The quantitative estimate of drug-likeness (QED) is 0.362. The van der Waals surface area contributed by atoms with Crippen LogP contribution < -0.4 is 5.43 Å². The number of para-hydroxylation sites is 1. The number of amides is 1. The van der Waals surface area contributed by atoms with Crippen LogP contribution in [0, 0.1) is 5.82 Å². The van der Waals surface area contributed by atoms with Crippen LogP contribution in [0.1, 0.15) is 73.7 Å². The lowest BCUT2D eigenvalue weighted by Gasteiger charge is -2.27. The van der Waals surface area contributed by atoms with Crippen molar-refractivity contribution in [3.05, 3.63) is 81.5 Å². The van der Waals surface area contributed by atoms with Crippen molar-refractivity contribution < 1.29 is 13.6 Å². The monoisotopic (exact) mass is 464 g/mol. The van der Waals surface area contributed by atoms with Crippen LogP contribution in [-0.2, 0) is 0 Å². The number of nitrogens with zero attached hydrogens (tertiary/aromatic N) is 2. The zero-order valence-corrected chi connectivity index (χ0v) is 20.1. The van der Waals surface area contributed by atoms with Crippen molar-refractivity contribution in [2.75, 3.05) is 26.2 Å². The molecule has 0 fully saturated rings. The summed E-state index contributed by atoms with van der Waals surface area (Å²) in [5.41, 5.74) is 0.668. The molecular weight excluding hydrogens is 431 g/mol. The summed E-state index contributed by atoms with van der Waals surface area (Å²) in [5, 5.41) is 0.405. The molecule has 1 aliphatic rings. The molecule has 6 heteroatoms. The highest BCUT2D eigenvalue weighted by atomic mass is 19.1. The van der Waals surface area contributed by atoms with Gasteiger partial charge in [0.15, 0.2) is 5.43 Å². The molecule has 0 saturated carbocycles. The van der Waals surface area contributed by atoms with Crippen LogP contribution in [0.3, 0.4) is 0 Å². The standard InChI is InChI=1S/C28H33FN2O3/c1-3-5-16-30(17-6-4-2)18-11-19-31-25(20-12-7-9-14-22(20)29)24-26(32)21-13-8-10-15-23(21)34-27(24)28(31)33/h7-10,12-15,25H,3-6,11,16-19H2,1-2H3. The van der Waals surface area contributed by atoms with E-state index in [9.17, 15) is 14.0 Å². The molecule has 1 atom stereocenters. The molecule has 3 aromatic rings. The largest absolute Gasteiger partial charge is 0.450 e. The molecule has 180 valence electrons. The molecule has 1 aliphatic heterocycles. The molecule has 0 aliphatic carbocycles. The number of unbranched alkanes of at least 4 members (excludes halogenated alkanes) is 2. The second kappa shape index (κ2) is 11.0. The zero-order chi connectivity index (χ0) is 24.1. The number of halogens is 1. The topological polar surface area (TPSA) is 53.8 Å². The molecule has 1 unspecified atom stereocenters. The molecule has 0 saturated heterocycles. The average molecular weight is 465 g/mol. The fraction of sp³-hybridized carbons (Fsp3) is 0.429. The number of carbonyl (C=O) groups is 1. The van der Waals surface area contributed by atoms with Crippen molar-refractivity contribution >= 4 is 16.9 Å². The van der Waals surface area contributed by atoms with Gasteiger partial charge in [0.05, 0.1) is 17.0 Å². The van der Waals surface area contributed by atoms with Gasteiger partial charge < -0.3 is 14.2 Å². The second-order valence-electron chi connectivity index (χ2n) is 9.00. The van der Waals surface area contributed by atoms with E-state index in [1.165, 1.54) is 6.07 Å². The van der Waals surface area contributed by atoms with Gasteiger partial charge in [0.2, 0.25) is 5.76 Å². The molecule has 0 radical (unpaired) electrons. The predicted molar refractivity (Wildman–Crippen MR) is 133 cm³/mol. The highest BCUT2D eigenvalue weighted by molar-refractivity contribution is 5.99. The molecule has 0 bridgehead atoms. The van der Waals surface area contributed by atoms with E-state index in [0.717, 1.165) is 51.7 Å². The maximum absolute atomic E-state index is 14.9. The minimum absolute atomic E-state index is 0.0331. The van der Waals surface area contributed by atoms with Crippen LogP contribution in [0.15, 0.2) is 57.7 Å². The number of hydrogen-bond donors (Lipinski definition) is 0. The van der Waals surface area contributed by atoms with Gasteiger partial charge in [0, 0.05) is 12.1 Å². The SMILES string of the molecule is CCCCN(CCCC)CCCN1C(=O)c2oc3ccccc3c(=O)c2C1c1ccccc1F. The molecule has 4 rings (SSSR count). The molecule has 5 nitrogen and oxygen atoms in total. The Labute approximate surface area is 200 Å². The summed E-state index contributed by atoms with van der Waals surface area (Å²) in [6, 6.07) is 12.5. The highest BCUT2D eigenvalue weighted by Crippen LogP contribution is 2.39. The Balaban J connectivity index is 1.66. The Bertz CT molecular complexity index is 1200. The summed E-state index contributed by atoms with van der Waals surface area (Å²) >= 11 is 0. The van der Waals surface area contributed by atoms with Crippen molar-refractivity contribution in [2.45, 2.75) is 52.0 Å². The van der Waals surface area contributed by atoms with E-state index < -0.39 is 11.9 Å². The van der Waals surface area contributed by atoms with Gasteiger partial charge in [-0.1, -0.05) is 57.0 Å². The van der Waals surface area contributed by atoms with Gasteiger partial charge >= 0.3 is 0 Å². The molecule has 2 aromatic carbocycles. The van der Waals surface area contributed by atoms with E-state index in [1.807, 2.05) is 0 Å². The maximum Gasteiger partial charge on any atom is 0.290 e. The average Bonchev–Trinajstić information content (AvgIpc) is 3.12. The smallest absolute Gasteiger partial charge is 0.290 e. The van der Waals surface area contributed by atoms with Crippen molar-refractivity contribution in [3.63, 3.8) is 0 Å². The first-order chi connectivity index (χ1) is 16.6. The van der Waals surface area contributed by atoms with Gasteiger partial charge in [-0.25, -0.2) is 4.39 Å². The van der Waals surface area contributed by atoms with Gasteiger partial charge in [-0.2, -0.15) is 0 Å². The van der Waals surface area contributed by atoms with Crippen molar-refractivity contribution in [2.24, 2.45) is 0 Å². The van der Waals surface area contributed by atoms with E-state index in [0.29, 0.717) is 23.1 Å². The number of hydrogen-bond acceptors (Lipinski definition) is 4. The normalized spacial score (nSPS) is 15.5. The zero-order valence-electron chi connectivity index (χ0n) is 20.1. The number of carbonyl (C=O) groups excluding carboxylic acids is 1. The lowest BCUT2D eigenvalue weighted by atomic mass is 9.98. The van der Waals surface area contributed by atoms with E-state index in [2.05, 4.69) is 18.7 Å². The van der Waals surface area contributed by atoms with Crippen LogP contribution in [0.4, 0.5) is 4.39 Å². The summed E-state index contributed by atoms with van der Waals surface area (Å²) in [4.78, 5) is 31.0. The third kappa shape index (κ3) is 4.78. The van der Waals surface area contributed by atoms with Crippen LogP contribution in [0.2, 0.25) is 0 Å². The lowest BCUT2D eigenvalue weighted by molar-refractivity contribution is 0.0717. The molecule has 0 N–H and O–H groups in total. The molecule has 1 aromatic heterocycles. The summed E-state index contributed by atoms with van der Waals surface area (Å²) in [6.07, 6.45) is 5.30. The summed E-state index contributed by atoms with van der Waals surface area (Å²) in [6.45, 7) is 7.72. The van der Waals surface area contributed by atoms with Crippen LogP contribution in [0.25, 0.3) is 11.0 Å². The van der Waals surface area contributed by atoms with Gasteiger partial charge in [0.1, 0.15) is 11.4 Å². The van der Waals surface area contributed by atoms with E-state index in [4.69, 9.17) is 4.42 Å². The fourth-order valence-corrected chi connectivity index (χ4v) is 4.78. The van der Waals surface area contributed by atoms with Crippen LogP contribution in [0.5, 0.6) is 0 Å². The Hall–Kier alpha value is -2.99. The molecular formula is C28H33FN2O3. The second-order valence-corrected chi connectivity index (χ2v) is 9.00. The number of fused-ring (bicyclic) bond motifs is 2. The Morgan fingerprint density at radius 1 is 0.912 bits per heavy atom. The third-order valence-corrected chi connectivity index (χ3v) is 6.60.